The maximum Gasteiger partial charge on any atom is 0.191 e. The first-order valence-corrected chi connectivity index (χ1v) is 11.4. The molecule has 0 amide bonds. The van der Waals surface area contributed by atoms with E-state index in [-0.39, 0.29) is 28.7 Å². The van der Waals surface area contributed by atoms with Crippen LogP contribution in [0.1, 0.15) is 59.8 Å². The van der Waals surface area contributed by atoms with Gasteiger partial charge >= 0.3 is 0 Å². The predicted octanol–water partition coefficient (Wildman–Crippen LogP) is 2.97. The van der Waals surface area contributed by atoms with Crippen LogP contribution in [-0.4, -0.2) is 64.3 Å². The molecule has 0 spiro atoms. The van der Waals surface area contributed by atoms with Gasteiger partial charge in [0.15, 0.2) is 5.96 Å². The van der Waals surface area contributed by atoms with Crippen LogP contribution in [0.2, 0.25) is 0 Å². The second kappa shape index (κ2) is 11.8. The van der Waals surface area contributed by atoms with E-state index in [0.29, 0.717) is 18.3 Å². The van der Waals surface area contributed by atoms with Gasteiger partial charge < -0.3 is 15.5 Å². The van der Waals surface area contributed by atoms with E-state index in [1.54, 1.807) is 0 Å². The zero-order valence-corrected chi connectivity index (χ0v) is 20.2. The van der Waals surface area contributed by atoms with Gasteiger partial charge in [0.05, 0.1) is 6.54 Å². The quantitative estimate of drug-likeness (QED) is 0.322. The second-order valence-corrected chi connectivity index (χ2v) is 10.8. The Labute approximate surface area is 180 Å². The highest BCUT2D eigenvalue weighted by molar-refractivity contribution is 14.0. The Morgan fingerprint density at radius 3 is 2.54 bits per heavy atom. The van der Waals surface area contributed by atoms with Crippen molar-refractivity contribution < 1.29 is 4.21 Å². The average molecular weight is 499 g/mol. The summed E-state index contributed by atoms with van der Waals surface area (Å²) in [4.78, 5) is 7.26. The summed E-state index contributed by atoms with van der Waals surface area (Å²) in [6, 6.07) is 0.479. The number of rotatable bonds is 7. The molecule has 0 aromatic carbocycles. The lowest BCUT2D eigenvalue weighted by atomic mass is 10.1. The highest BCUT2D eigenvalue weighted by Crippen LogP contribution is 2.26. The van der Waals surface area contributed by atoms with Crippen LogP contribution in [-0.2, 0) is 10.8 Å². The van der Waals surface area contributed by atoms with Crippen LogP contribution in [0.15, 0.2) is 4.99 Å². The summed E-state index contributed by atoms with van der Waals surface area (Å²) in [5, 5.41) is 6.91. The Bertz CT molecular complexity index is 461. The molecule has 7 heteroatoms. The molecule has 2 unspecified atom stereocenters. The molecular formula is C19H39IN4OS. The van der Waals surface area contributed by atoms with E-state index in [0.717, 1.165) is 25.0 Å². The number of guanidine groups is 1. The van der Waals surface area contributed by atoms with Crippen molar-refractivity contribution in [2.75, 3.05) is 38.5 Å². The topological polar surface area (TPSA) is 56.7 Å². The SMILES string of the molecule is CCNC(=NCCS(=O)C(C)(C)C)NC1CCN(CC2CCCC2)C1.I. The van der Waals surface area contributed by atoms with Crippen molar-refractivity contribution >= 4 is 40.7 Å². The van der Waals surface area contributed by atoms with Crippen LogP contribution >= 0.6 is 24.0 Å². The largest absolute Gasteiger partial charge is 0.357 e. The van der Waals surface area contributed by atoms with Crippen molar-refractivity contribution in [3.05, 3.63) is 0 Å². The first-order chi connectivity index (χ1) is 11.9. The normalized spacial score (nSPS) is 23.7. The molecule has 1 saturated heterocycles. The minimum absolute atomic E-state index is 0. The van der Waals surface area contributed by atoms with Gasteiger partial charge in [-0.1, -0.05) is 12.8 Å². The van der Waals surface area contributed by atoms with Gasteiger partial charge in [-0.3, -0.25) is 9.20 Å². The van der Waals surface area contributed by atoms with Crippen molar-refractivity contribution in [3.63, 3.8) is 0 Å². The van der Waals surface area contributed by atoms with Crippen LogP contribution in [0, 0.1) is 5.92 Å². The molecule has 1 saturated carbocycles. The zero-order chi connectivity index (χ0) is 18.3. The summed E-state index contributed by atoms with van der Waals surface area (Å²) in [7, 11) is -0.841. The molecule has 1 aliphatic carbocycles. The van der Waals surface area contributed by atoms with E-state index in [9.17, 15) is 4.21 Å². The molecule has 0 aromatic heterocycles. The van der Waals surface area contributed by atoms with Gasteiger partial charge in [0, 0.05) is 53.5 Å². The lowest BCUT2D eigenvalue weighted by Crippen LogP contribution is -2.45. The summed E-state index contributed by atoms with van der Waals surface area (Å²) >= 11 is 0. The Balaban J connectivity index is 0.00000338. The standard InChI is InChI=1S/C19H38N4OS.HI/c1-5-20-18(21-11-13-25(24)19(2,3)4)22-17-10-12-23(15-17)14-16-8-6-7-9-16;/h16-17H,5-15H2,1-4H3,(H2,20,21,22);1H. The Kier molecular flexibility index (Phi) is 11.0. The maximum absolute atomic E-state index is 12.2. The second-order valence-electron chi connectivity index (χ2n) is 8.46. The van der Waals surface area contributed by atoms with Crippen LogP contribution in [0.5, 0.6) is 0 Å². The molecule has 26 heavy (non-hydrogen) atoms. The predicted molar refractivity (Wildman–Crippen MR) is 124 cm³/mol. The van der Waals surface area contributed by atoms with Crippen molar-refractivity contribution in [2.24, 2.45) is 10.9 Å². The zero-order valence-electron chi connectivity index (χ0n) is 17.1. The monoisotopic (exact) mass is 498 g/mol. The van der Waals surface area contributed by atoms with Crippen molar-refractivity contribution in [3.8, 4) is 0 Å². The Morgan fingerprint density at radius 2 is 1.92 bits per heavy atom. The summed E-state index contributed by atoms with van der Waals surface area (Å²) in [5.74, 6) is 2.42. The smallest absolute Gasteiger partial charge is 0.191 e. The highest BCUT2D eigenvalue weighted by atomic mass is 127. The van der Waals surface area contributed by atoms with Crippen LogP contribution in [0.3, 0.4) is 0 Å². The fourth-order valence-corrected chi connectivity index (χ4v) is 4.60. The molecule has 2 fully saturated rings. The van der Waals surface area contributed by atoms with Crippen LogP contribution < -0.4 is 10.6 Å². The van der Waals surface area contributed by atoms with Crippen molar-refractivity contribution in [1.29, 1.82) is 0 Å². The summed E-state index contributed by atoms with van der Waals surface area (Å²) < 4.78 is 12.0. The van der Waals surface area contributed by atoms with Gasteiger partial charge in [-0.05, 0) is 52.9 Å². The van der Waals surface area contributed by atoms with E-state index in [1.165, 1.54) is 45.2 Å². The number of hydrogen-bond donors (Lipinski definition) is 2. The number of halogens is 1. The highest BCUT2D eigenvalue weighted by Gasteiger charge is 2.26. The lowest BCUT2D eigenvalue weighted by Gasteiger charge is -2.21. The minimum atomic E-state index is -0.841. The van der Waals surface area contributed by atoms with E-state index in [1.807, 2.05) is 20.8 Å². The summed E-state index contributed by atoms with van der Waals surface area (Å²) in [6.45, 7) is 13.2. The molecule has 2 N–H and O–H groups in total. The Morgan fingerprint density at radius 1 is 1.23 bits per heavy atom. The van der Waals surface area contributed by atoms with Gasteiger partial charge in [-0.2, -0.15) is 0 Å². The molecular weight excluding hydrogens is 459 g/mol. The Hall–Kier alpha value is 0.110. The van der Waals surface area contributed by atoms with Gasteiger partial charge in [-0.25, -0.2) is 0 Å². The fourth-order valence-electron chi connectivity index (χ4n) is 3.73. The molecule has 154 valence electrons. The van der Waals surface area contributed by atoms with Crippen LogP contribution in [0.4, 0.5) is 0 Å². The molecule has 0 radical (unpaired) electrons. The van der Waals surface area contributed by atoms with E-state index in [2.05, 4.69) is 27.4 Å². The summed E-state index contributed by atoms with van der Waals surface area (Å²) in [6.07, 6.45) is 6.87. The maximum atomic E-state index is 12.2. The average Bonchev–Trinajstić information content (AvgIpc) is 3.19. The molecule has 5 nitrogen and oxygen atoms in total. The van der Waals surface area contributed by atoms with Gasteiger partial charge in [-0.15, -0.1) is 24.0 Å². The number of hydrogen-bond acceptors (Lipinski definition) is 3. The van der Waals surface area contributed by atoms with E-state index in [4.69, 9.17) is 0 Å². The third-order valence-electron chi connectivity index (χ3n) is 5.18. The molecule has 2 atom stereocenters. The number of likely N-dealkylation sites (tertiary alicyclic amines) is 1. The van der Waals surface area contributed by atoms with E-state index >= 15 is 0 Å². The fraction of sp³-hybridized carbons (Fsp3) is 0.947. The number of nitrogens with one attached hydrogen (secondary N) is 2. The van der Waals surface area contributed by atoms with Crippen LogP contribution in [0.25, 0.3) is 0 Å². The number of nitrogens with zero attached hydrogens (tertiary/aromatic N) is 2. The minimum Gasteiger partial charge on any atom is -0.357 e. The molecule has 1 aliphatic heterocycles. The van der Waals surface area contributed by atoms with Gasteiger partial charge in [0.25, 0.3) is 0 Å². The van der Waals surface area contributed by atoms with Gasteiger partial charge in [0.1, 0.15) is 0 Å². The molecule has 1 heterocycles. The van der Waals surface area contributed by atoms with Crippen molar-refractivity contribution in [1.82, 2.24) is 15.5 Å². The number of aliphatic imine (C=N–C) groups is 1. The third kappa shape index (κ3) is 8.42. The third-order valence-corrected chi connectivity index (χ3v) is 7.10. The van der Waals surface area contributed by atoms with Crippen molar-refractivity contribution in [2.45, 2.75) is 70.6 Å². The van der Waals surface area contributed by atoms with Gasteiger partial charge in [0.2, 0.25) is 0 Å². The summed E-state index contributed by atoms with van der Waals surface area (Å²) in [5.41, 5.74) is 0. The molecule has 2 rings (SSSR count). The first-order valence-electron chi connectivity index (χ1n) is 10.0. The molecule has 2 aliphatic rings. The lowest BCUT2D eigenvalue weighted by molar-refractivity contribution is 0.275. The van der Waals surface area contributed by atoms with E-state index < -0.39 is 10.8 Å². The molecule has 0 bridgehead atoms. The molecule has 0 aromatic rings. The first kappa shape index (κ1) is 24.1.